The second kappa shape index (κ2) is 12.6. The van der Waals surface area contributed by atoms with E-state index >= 15 is 0 Å². The molecular weight excluding hydrogens is 614 g/mol. The molecule has 9 nitrogen and oxygen atoms in total. The molecule has 1 aromatic carbocycles. The molecule has 202 valence electrons. The van der Waals surface area contributed by atoms with Crippen LogP contribution >= 0.6 is 50.4 Å². The van der Waals surface area contributed by atoms with Gasteiger partial charge in [-0.1, -0.05) is 34.2 Å². The summed E-state index contributed by atoms with van der Waals surface area (Å²) in [7, 11) is 2.64. The van der Waals surface area contributed by atoms with Crippen molar-refractivity contribution >= 4 is 89.3 Å². The van der Waals surface area contributed by atoms with Gasteiger partial charge < -0.3 is 19.4 Å². The summed E-state index contributed by atoms with van der Waals surface area (Å²) in [6.07, 6.45) is 2.64. The van der Waals surface area contributed by atoms with Gasteiger partial charge in [0.15, 0.2) is 4.80 Å². The number of thiophene rings is 1. The molecule has 0 radical (unpaired) electrons. The standard InChI is InChI=1S/C25H26BrN3O6S3/c1-13-4-6-15-17(8-13)37-23(22(15)24(33)35-3)27-19(30)11-36-12-20(31)28-25-29(10-21(32)34-2)16-7-5-14(26)9-18(16)38-25/h5,7,9,13H,4,6,8,10-12H2,1-3H3,(H,27,30). The van der Waals surface area contributed by atoms with E-state index in [1.165, 1.54) is 36.9 Å². The number of benzene rings is 1. The van der Waals surface area contributed by atoms with E-state index in [1.807, 2.05) is 18.2 Å². The maximum atomic E-state index is 12.7. The van der Waals surface area contributed by atoms with E-state index in [-0.39, 0.29) is 24.0 Å². The molecule has 4 rings (SSSR count). The van der Waals surface area contributed by atoms with Gasteiger partial charge in [0.25, 0.3) is 5.91 Å². The first-order valence-corrected chi connectivity index (χ1v) is 15.3. The van der Waals surface area contributed by atoms with E-state index in [0.717, 1.165) is 56.2 Å². The van der Waals surface area contributed by atoms with Crippen molar-refractivity contribution in [1.82, 2.24) is 4.57 Å². The van der Waals surface area contributed by atoms with E-state index < -0.39 is 17.8 Å². The number of esters is 2. The number of carbonyl (C=O) groups is 4. The van der Waals surface area contributed by atoms with Gasteiger partial charge in [-0.3, -0.25) is 14.4 Å². The van der Waals surface area contributed by atoms with E-state index in [1.54, 1.807) is 4.57 Å². The molecule has 1 unspecified atom stereocenters. The van der Waals surface area contributed by atoms with E-state index in [0.29, 0.717) is 21.3 Å². The van der Waals surface area contributed by atoms with Crippen molar-refractivity contribution in [1.29, 1.82) is 0 Å². The Hall–Kier alpha value is -2.48. The third kappa shape index (κ3) is 6.56. The molecule has 1 N–H and O–H groups in total. The average Bonchev–Trinajstić information content (AvgIpc) is 3.39. The number of nitrogens with zero attached hydrogens (tertiary/aromatic N) is 2. The van der Waals surface area contributed by atoms with Crippen LogP contribution in [0.1, 0.15) is 34.1 Å². The Balaban J connectivity index is 1.43. The number of nitrogens with one attached hydrogen (secondary N) is 1. The fourth-order valence-electron chi connectivity index (χ4n) is 4.17. The fraction of sp³-hybridized carbons (Fsp3) is 0.400. The first-order valence-electron chi connectivity index (χ1n) is 11.7. The highest BCUT2D eigenvalue weighted by Gasteiger charge is 2.28. The number of carbonyl (C=O) groups excluding carboxylic acids is 4. The smallest absolute Gasteiger partial charge is 0.341 e. The zero-order valence-corrected chi connectivity index (χ0v) is 25.0. The van der Waals surface area contributed by atoms with E-state index in [9.17, 15) is 19.2 Å². The van der Waals surface area contributed by atoms with Gasteiger partial charge in [0.05, 0.1) is 41.5 Å². The topological polar surface area (TPSA) is 116 Å². The van der Waals surface area contributed by atoms with Gasteiger partial charge in [0.1, 0.15) is 11.5 Å². The number of thioether (sulfide) groups is 1. The Kier molecular flexibility index (Phi) is 9.45. The van der Waals surface area contributed by atoms with Gasteiger partial charge in [-0.15, -0.1) is 23.1 Å². The molecule has 0 fully saturated rings. The van der Waals surface area contributed by atoms with Gasteiger partial charge in [-0.05, 0) is 48.9 Å². The van der Waals surface area contributed by atoms with Crippen LogP contribution in [-0.2, 0) is 43.2 Å². The second-order valence-electron chi connectivity index (χ2n) is 8.75. The number of fused-ring (bicyclic) bond motifs is 2. The molecule has 0 saturated carbocycles. The summed E-state index contributed by atoms with van der Waals surface area (Å²) in [6.45, 7) is 2.10. The molecule has 2 amide bonds. The Bertz CT molecular complexity index is 1470. The molecule has 2 aromatic heterocycles. The quantitative estimate of drug-likeness (QED) is 0.363. The second-order valence-corrected chi connectivity index (χ2v) is 12.8. The van der Waals surface area contributed by atoms with Gasteiger partial charge in [-0.25, -0.2) is 4.79 Å². The molecule has 0 saturated heterocycles. The predicted molar refractivity (Wildman–Crippen MR) is 153 cm³/mol. The van der Waals surface area contributed by atoms with Crippen molar-refractivity contribution < 1.29 is 28.7 Å². The van der Waals surface area contributed by atoms with Gasteiger partial charge in [0, 0.05) is 9.35 Å². The molecule has 0 bridgehead atoms. The van der Waals surface area contributed by atoms with E-state index in [2.05, 4.69) is 33.2 Å². The van der Waals surface area contributed by atoms with Gasteiger partial charge in [-0.2, -0.15) is 4.99 Å². The maximum absolute atomic E-state index is 12.7. The largest absolute Gasteiger partial charge is 0.468 e. The number of halogens is 1. The van der Waals surface area contributed by atoms with Crippen LogP contribution in [0, 0.1) is 5.92 Å². The number of amides is 2. The van der Waals surface area contributed by atoms with E-state index in [4.69, 9.17) is 9.47 Å². The van der Waals surface area contributed by atoms with Gasteiger partial charge >= 0.3 is 11.9 Å². The molecule has 1 aliphatic carbocycles. The molecule has 1 atom stereocenters. The number of anilines is 1. The summed E-state index contributed by atoms with van der Waals surface area (Å²) >= 11 is 7.26. The minimum absolute atomic E-state index is 0.0162. The summed E-state index contributed by atoms with van der Waals surface area (Å²) in [5.41, 5.74) is 2.17. The average molecular weight is 641 g/mol. The van der Waals surface area contributed by atoms with Crippen molar-refractivity contribution in [2.75, 3.05) is 31.0 Å². The molecule has 2 heterocycles. The van der Waals surface area contributed by atoms with Crippen LogP contribution in [0.2, 0.25) is 0 Å². The number of thiazole rings is 1. The highest BCUT2D eigenvalue weighted by Crippen LogP contribution is 2.40. The minimum atomic E-state index is -0.455. The zero-order chi connectivity index (χ0) is 27.4. The van der Waals surface area contributed by atoms with Crippen LogP contribution in [0.3, 0.4) is 0 Å². The Morgan fingerprint density at radius 3 is 2.71 bits per heavy atom. The summed E-state index contributed by atoms with van der Waals surface area (Å²) < 4.78 is 13.1. The number of methoxy groups -OCH3 is 2. The summed E-state index contributed by atoms with van der Waals surface area (Å²) in [4.78, 5) is 55.4. The van der Waals surface area contributed by atoms with Crippen molar-refractivity contribution in [2.24, 2.45) is 10.9 Å². The SMILES string of the molecule is COC(=O)Cn1c(=NC(=O)CSCC(=O)Nc2sc3c(c2C(=O)OC)CCC(C)C3)sc2cc(Br)ccc21. The first-order chi connectivity index (χ1) is 18.2. The van der Waals surface area contributed by atoms with Crippen molar-refractivity contribution in [3.63, 3.8) is 0 Å². The van der Waals surface area contributed by atoms with Crippen LogP contribution in [0.25, 0.3) is 10.2 Å². The Morgan fingerprint density at radius 2 is 1.97 bits per heavy atom. The highest BCUT2D eigenvalue weighted by atomic mass is 79.9. The van der Waals surface area contributed by atoms with Crippen LogP contribution < -0.4 is 10.1 Å². The lowest BCUT2D eigenvalue weighted by Crippen LogP contribution is -2.23. The minimum Gasteiger partial charge on any atom is -0.468 e. The number of hydrogen-bond acceptors (Lipinski definition) is 9. The summed E-state index contributed by atoms with van der Waals surface area (Å²) in [5, 5.41) is 3.34. The third-order valence-corrected chi connectivity index (χ3v) is 9.61. The number of rotatable bonds is 8. The lowest BCUT2D eigenvalue weighted by molar-refractivity contribution is -0.141. The van der Waals surface area contributed by atoms with Crippen LogP contribution in [0.5, 0.6) is 0 Å². The van der Waals surface area contributed by atoms with Crippen LogP contribution in [0.15, 0.2) is 27.7 Å². The monoisotopic (exact) mass is 639 g/mol. The predicted octanol–water partition coefficient (Wildman–Crippen LogP) is 4.41. The normalized spacial score (nSPS) is 15.3. The maximum Gasteiger partial charge on any atom is 0.341 e. The van der Waals surface area contributed by atoms with Gasteiger partial charge in [0.2, 0.25) is 5.91 Å². The Labute approximate surface area is 239 Å². The highest BCUT2D eigenvalue weighted by molar-refractivity contribution is 9.10. The zero-order valence-electron chi connectivity index (χ0n) is 21.0. The number of ether oxygens (including phenoxy) is 2. The van der Waals surface area contributed by atoms with Crippen LogP contribution in [0.4, 0.5) is 5.00 Å². The fourth-order valence-corrected chi connectivity index (χ4v) is 7.78. The molecule has 1 aliphatic rings. The van der Waals surface area contributed by atoms with Crippen molar-refractivity contribution in [2.45, 2.75) is 32.7 Å². The lowest BCUT2D eigenvalue weighted by atomic mass is 9.88. The Morgan fingerprint density at radius 1 is 1.18 bits per heavy atom. The van der Waals surface area contributed by atoms with Crippen molar-refractivity contribution in [3.8, 4) is 0 Å². The van der Waals surface area contributed by atoms with Crippen molar-refractivity contribution in [3.05, 3.63) is 43.5 Å². The molecule has 0 aliphatic heterocycles. The molecule has 3 aromatic rings. The number of aromatic nitrogens is 1. The summed E-state index contributed by atoms with van der Waals surface area (Å²) in [5.74, 6) is -1.13. The summed E-state index contributed by atoms with van der Waals surface area (Å²) in [6, 6.07) is 5.58. The third-order valence-electron chi connectivity index (χ3n) is 5.99. The number of hydrogen-bond donors (Lipinski definition) is 1. The molecule has 0 spiro atoms. The first kappa shape index (κ1) is 28.5. The molecule has 38 heavy (non-hydrogen) atoms. The van der Waals surface area contributed by atoms with Crippen LogP contribution in [-0.4, -0.2) is 54.0 Å². The molecular formula is C25H26BrN3O6S3. The molecule has 13 heteroatoms. The lowest BCUT2D eigenvalue weighted by Gasteiger charge is -2.18.